The standard InChI is InChI=1S/C23H31N5O3/c1-16(29)28-12-11-27(22(31)18-13-20(23(2,3)4)25-26(18)5)15-19(28)21(30)24-14-17-9-7-6-8-10-17/h6-10,13,19H,11-12,14-15H2,1-5H3,(H,24,30). The van der Waals surface area contributed by atoms with Crippen molar-refractivity contribution in [3.63, 3.8) is 0 Å². The molecule has 1 aromatic heterocycles. The lowest BCUT2D eigenvalue weighted by molar-refractivity contribution is -0.141. The van der Waals surface area contributed by atoms with Crippen LogP contribution in [0.3, 0.4) is 0 Å². The van der Waals surface area contributed by atoms with Gasteiger partial charge in [0.05, 0.1) is 12.2 Å². The van der Waals surface area contributed by atoms with E-state index in [4.69, 9.17) is 0 Å². The Morgan fingerprint density at radius 2 is 1.81 bits per heavy atom. The van der Waals surface area contributed by atoms with Gasteiger partial charge in [-0.05, 0) is 11.6 Å². The molecular formula is C23H31N5O3. The van der Waals surface area contributed by atoms with Crippen LogP contribution < -0.4 is 5.32 Å². The van der Waals surface area contributed by atoms with Crippen LogP contribution in [0.25, 0.3) is 0 Å². The van der Waals surface area contributed by atoms with Crippen LogP contribution in [0, 0.1) is 0 Å². The highest BCUT2D eigenvalue weighted by molar-refractivity contribution is 5.94. The van der Waals surface area contributed by atoms with Gasteiger partial charge in [0.15, 0.2) is 0 Å². The molecule has 166 valence electrons. The van der Waals surface area contributed by atoms with Gasteiger partial charge in [-0.3, -0.25) is 19.1 Å². The van der Waals surface area contributed by atoms with Gasteiger partial charge in [0, 0.05) is 39.0 Å². The number of aromatic nitrogens is 2. The van der Waals surface area contributed by atoms with Crippen LogP contribution in [0.1, 0.15) is 49.4 Å². The van der Waals surface area contributed by atoms with E-state index < -0.39 is 6.04 Å². The van der Waals surface area contributed by atoms with E-state index in [0.717, 1.165) is 11.3 Å². The number of piperazine rings is 1. The number of nitrogens with one attached hydrogen (secondary N) is 1. The summed E-state index contributed by atoms with van der Waals surface area (Å²) in [6.45, 7) is 8.78. The van der Waals surface area contributed by atoms with Crippen molar-refractivity contribution < 1.29 is 14.4 Å². The number of carbonyl (C=O) groups is 3. The summed E-state index contributed by atoms with van der Waals surface area (Å²) in [4.78, 5) is 41.4. The maximum atomic E-state index is 13.2. The first-order valence-electron chi connectivity index (χ1n) is 10.5. The zero-order chi connectivity index (χ0) is 22.8. The third-order valence-corrected chi connectivity index (χ3v) is 5.55. The van der Waals surface area contributed by atoms with Crippen molar-refractivity contribution >= 4 is 17.7 Å². The lowest BCUT2D eigenvalue weighted by atomic mass is 9.92. The summed E-state index contributed by atoms with van der Waals surface area (Å²) in [7, 11) is 1.75. The van der Waals surface area contributed by atoms with E-state index in [1.165, 1.54) is 11.8 Å². The third kappa shape index (κ3) is 5.13. The largest absolute Gasteiger partial charge is 0.350 e. The van der Waals surface area contributed by atoms with Gasteiger partial charge in [-0.15, -0.1) is 0 Å². The van der Waals surface area contributed by atoms with Gasteiger partial charge in [0.1, 0.15) is 11.7 Å². The van der Waals surface area contributed by atoms with Crippen molar-refractivity contribution in [1.29, 1.82) is 0 Å². The van der Waals surface area contributed by atoms with E-state index in [0.29, 0.717) is 25.3 Å². The van der Waals surface area contributed by atoms with Gasteiger partial charge in [-0.25, -0.2) is 0 Å². The minimum Gasteiger partial charge on any atom is -0.350 e. The van der Waals surface area contributed by atoms with Crippen molar-refractivity contribution in [2.24, 2.45) is 7.05 Å². The number of carbonyl (C=O) groups excluding carboxylic acids is 3. The van der Waals surface area contributed by atoms with Crippen molar-refractivity contribution in [3.8, 4) is 0 Å². The average Bonchev–Trinajstić information content (AvgIpc) is 3.13. The van der Waals surface area contributed by atoms with Gasteiger partial charge in [0.25, 0.3) is 5.91 Å². The number of amides is 3. The SMILES string of the molecule is CC(=O)N1CCN(C(=O)c2cc(C(C)(C)C)nn2C)CC1C(=O)NCc1ccccc1. The Bertz CT molecular complexity index is 961. The van der Waals surface area contributed by atoms with Crippen molar-refractivity contribution in [1.82, 2.24) is 24.9 Å². The summed E-state index contributed by atoms with van der Waals surface area (Å²) in [6.07, 6.45) is 0. The van der Waals surface area contributed by atoms with Crippen molar-refractivity contribution in [3.05, 3.63) is 53.3 Å². The number of hydrogen-bond acceptors (Lipinski definition) is 4. The summed E-state index contributed by atoms with van der Waals surface area (Å²) in [5.41, 5.74) is 2.10. The summed E-state index contributed by atoms with van der Waals surface area (Å²) in [6, 6.07) is 10.7. The molecule has 1 aromatic carbocycles. The van der Waals surface area contributed by atoms with Crippen LogP contribution in [0.2, 0.25) is 0 Å². The molecule has 3 rings (SSSR count). The monoisotopic (exact) mass is 425 g/mol. The lowest BCUT2D eigenvalue weighted by Crippen LogP contribution is -2.61. The lowest BCUT2D eigenvalue weighted by Gasteiger charge is -2.40. The number of aryl methyl sites for hydroxylation is 1. The summed E-state index contributed by atoms with van der Waals surface area (Å²) in [5, 5.41) is 7.38. The molecule has 0 saturated carbocycles. The van der Waals surface area contributed by atoms with Crippen molar-refractivity contribution in [2.75, 3.05) is 19.6 Å². The number of hydrogen-bond donors (Lipinski definition) is 1. The molecule has 1 aliphatic heterocycles. The first-order chi connectivity index (χ1) is 14.6. The molecule has 0 bridgehead atoms. The Hall–Kier alpha value is -3.16. The van der Waals surface area contributed by atoms with Crippen LogP contribution in [0.15, 0.2) is 36.4 Å². The fourth-order valence-corrected chi connectivity index (χ4v) is 3.67. The molecule has 0 radical (unpaired) electrons. The molecule has 1 fully saturated rings. The van der Waals surface area contributed by atoms with E-state index in [1.54, 1.807) is 16.6 Å². The van der Waals surface area contributed by atoms with Gasteiger partial charge < -0.3 is 15.1 Å². The zero-order valence-electron chi connectivity index (χ0n) is 18.9. The highest BCUT2D eigenvalue weighted by Crippen LogP contribution is 2.23. The number of nitrogens with zero attached hydrogens (tertiary/aromatic N) is 4. The highest BCUT2D eigenvalue weighted by Gasteiger charge is 2.36. The summed E-state index contributed by atoms with van der Waals surface area (Å²) in [5.74, 6) is -0.631. The first kappa shape index (κ1) is 22.5. The molecule has 1 saturated heterocycles. The van der Waals surface area contributed by atoms with Crippen LogP contribution in [0.5, 0.6) is 0 Å². The number of rotatable bonds is 4. The van der Waals surface area contributed by atoms with Gasteiger partial charge in [0.2, 0.25) is 11.8 Å². The van der Waals surface area contributed by atoms with E-state index >= 15 is 0 Å². The second kappa shape index (κ2) is 8.91. The molecule has 1 aliphatic rings. The van der Waals surface area contributed by atoms with Gasteiger partial charge in [-0.2, -0.15) is 5.10 Å². The molecule has 0 aliphatic carbocycles. The quantitative estimate of drug-likeness (QED) is 0.808. The predicted octanol–water partition coefficient (Wildman–Crippen LogP) is 1.71. The predicted molar refractivity (Wildman–Crippen MR) is 117 cm³/mol. The molecule has 1 atom stereocenters. The molecule has 8 heteroatoms. The van der Waals surface area contributed by atoms with E-state index in [-0.39, 0.29) is 29.7 Å². The highest BCUT2D eigenvalue weighted by atomic mass is 16.2. The summed E-state index contributed by atoms with van der Waals surface area (Å²) < 4.78 is 1.59. The second-order valence-electron chi connectivity index (χ2n) is 8.97. The molecule has 3 amide bonds. The Morgan fingerprint density at radius 3 is 2.39 bits per heavy atom. The van der Waals surface area contributed by atoms with Crippen LogP contribution in [0.4, 0.5) is 0 Å². The normalized spacial score (nSPS) is 16.9. The molecule has 1 N–H and O–H groups in total. The molecule has 31 heavy (non-hydrogen) atoms. The van der Waals surface area contributed by atoms with Crippen LogP contribution >= 0.6 is 0 Å². The Kier molecular flexibility index (Phi) is 6.48. The fourth-order valence-electron chi connectivity index (χ4n) is 3.67. The van der Waals surface area contributed by atoms with Gasteiger partial charge in [-0.1, -0.05) is 51.1 Å². The molecular weight excluding hydrogens is 394 g/mol. The molecule has 1 unspecified atom stereocenters. The Morgan fingerprint density at radius 1 is 1.13 bits per heavy atom. The van der Waals surface area contributed by atoms with E-state index in [9.17, 15) is 14.4 Å². The topological polar surface area (TPSA) is 87.5 Å². The van der Waals surface area contributed by atoms with Crippen LogP contribution in [-0.2, 0) is 28.6 Å². The molecule has 2 heterocycles. The van der Waals surface area contributed by atoms with E-state index in [1.807, 2.05) is 57.2 Å². The van der Waals surface area contributed by atoms with E-state index in [2.05, 4.69) is 10.4 Å². The first-order valence-corrected chi connectivity index (χ1v) is 10.5. The minimum atomic E-state index is -0.728. The van der Waals surface area contributed by atoms with Gasteiger partial charge >= 0.3 is 0 Å². The molecule has 2 aromatic rings. The Balaban J connectivity index is 1.75. The Labute approximate surface area is 183 Å². The fraction of sp³-hybridized carbons (Fsp3) is 0.478. The second-order valence-corrected chi connectivity index (χ2v) is 8.97. The smallest absolute Gasteiger partial charge is 0.272 e. The zero-order valence-corrected chi connectivity index (χ0v) is 18.9. The maximum absolute atomic E-state index is 13.2. The van der Waals surface area contributed by atoms with Crippen molar-refractivity contribution in [2.45, 2.75) is 45.7 Å². The maximum Gasteiger partial charge on any atom is 0.272 e. The third-order valence-electron chi connectivity index (χ3n) is 5.55. The average molecular weight is 426 g/mol. The summed E-state index contributed by atoms with van der Waals surface area (Å²) >= 11 is 0. The molecule has 8 nitrogen and oxygen atoms in total. The minimum absolute atomic E-state index is 0.148. The molecule has 0 spiro atoms. The number of benzene rings is 1. The van der Waals surface area contributed by atoms with Crippen LogP contribution in [-0.4, -0.2) is 63.0 Å².